The zero-order valence-electron chi connectivity index (χ0n) is 15.1. The fourth-order valence-electron chi connectivity index (χ4n) is 3.42. The second-order valence-electron chi connectivity index (χ2n) is 6.20. The summed E-state index contributed by atoms with van der Waals surface area (Å²) in [6, 6.07) is 16.5. The molecule has 1 aromatic heterocycles. The standard InChI is InChI=1S/C20H22N4OS/c1-25-18-10-6-5-9-17(18)23-11-13-24(14-12-23)19-15-7-3-4-8-16(15)21-20(22-19)26-2/h3-10H,11-14H2,1-2H3. The number of ether oxygens (including phenoxy) is 1. The van der Waals surface area contributed by atoms with E-state index in [1.165, 1.54) is 0 Å². The zero-order valence-corrected chi connectivity index (χ0v) is 15.9. The van der Waals surface area contributed by atoms with Crippen LogP contribution in [-0.4, -0.2) is 49.5 Å². The molecule has 0 spiro atoms. The maximum Gasteiger partial charge on any atom is 0.189 e. The van der Waals surface area contributed by atoms with Crippen molar-refractivity contribution in [2.45, 2.75) is 5.16 Å². The fourth-order valence-corrected chi connectivity index (χ4v) is 3.79. The topological polar surface area (TPSA) is 41.5 Å². The minimum absolute atomic E-state index is 0.825. The Kier molecular flexibility index (Phi) is 4.84. The number of thioether (sulfide) groups is 1. The number of anilines is 2. The predicted octanol–water partition coefficient (Wildman–Crippen LogP) is 3.69. The van der Waals surface area contributed by atoms with Crippen LogP contribution in [-0.2, 0) is 0 Å². The van der Waals surface area contributed by atoms with Gasteiger partial charge in [-0.15, -0.1) is 0 Å². The van der Waals surface area contributed by atoms with Gasteiger partial charge in [-0.3, -0.25) is 0 Å². The van der Waals surface area contributed by atoms with Gasteiger partial charge < -0.3 is 14.5 Å². The third kappa shape index (κ3) is 3.17. The van der Waals surface area contributed by atoms with Gasteiger partial charge in [0.15, 0.2) is 5.16 Å². The van der Waals surface area contributed by atoms with Crippen LogP contribution in [0.1, 0.15) is 0 Å². The normalized spacial score (nSPS) is 14.7. The lowest BCUT2D eigenvalue weighted by Crippen LogP contribution is -2.47. The maximum absolute atomic E-state index is 5.52. The maximum atomic E-state index is 5.52. The van der Waals surface area contributed by atoms with Crippen LogP contribution in [0.15, 0.2) is 53.7 Å². The minimum Gasteiger partial charge on any atom is -0.495 e. The summed E-state index contributed by atoms with van der Waals surface area (Å²) in [4.78, 5) is 14.2. The summed E-state index contributed by atoms with van der Waals surface area (Å²) in [5.41, 5.74) is 2.17. The first-order valence-electron chi connectivity index (χ1n) is 8.74. The molecule has 26 heavy (non-hydrogen) atoms. The third-order valence-corrected chi connectivity index (χ3v) is 5.30. The molecule has 0 unspecified atom stereocenters. The summed E-state index contributed by atoms with van der Waals surface area (Å²) >= 11 is 1.59. The smallest absolute Gasteiger partial charge is 0.189 e. The van der Waals surface area contributed by atoms with Crippen molar-refractivity contribution in [3.05, 3.63) is 48.5 Å². The highest BCUT2D eigenvalue weighted by Gasteiger charge is 2.22. The Hall–Kier alpha value is -2.47. The summed E-state index contributed by atoms with van der Waals surface area (Å²) in [5.74, 6) is 1.97. The molecular formula is C20H22N4OS. The summed E-state index contributed by atoms with van der Waals surface area (Å²) in [6.07, 6.45) is 2.02. The highest BCUT2D eigenvalue weighted by Crippen LogP contribution is 2.31. The van der Waals surface area contributed by atoms with E-state index in [0.717, 1.165) is 59.5 Å². The van der Waals surface area contributed by atoms with Crippen LogP contribution in [0.3, 0.4) is 0 Å². The molecule has 1 aliphatic heterocycles. The predicted molar refractivity (Wildman–Crippen MR) is 109 cm³/mol. The van der Waals surface area contributed by atoms with Crippen LogP contribution in [0.25, 0.3) is 10.9 Å². The van der Waals surface area contributed by atoms with Crippen molar-refractivity contribution < 1.29 is 4.74 Å². The van der Waals surface area contributed by atoms with Crippen molar-refractivity contribution in [2.24, 2.45) is 0 Å². The number of aromatic nitrogens is 2. The number of methoxy groups -OCH3 is 1. The Morgan fingerprint density at radius 2 is 1.58 bits per heavy atom. The summed E-state index contributed by atoms with van der Waals surface area (Å²) in [7, 11) is 1.73. The second-order valence-corrected chi connectivity index (χ2v) is 6.97. The van der Waals surface area contributed by atoms with Gasteiger partial charge in [-0.1, -0.05) is 36.0 Å². The Morgan fingerprint density at radius 3 is 2.35 bits per heavy atom. The molecule has 1 fully saturated rings. The van der Waals surface area contributed by atoms with Crippen molar-refractivity contribution in [2.75, 3.05) is 49.3 Å². The number of benzene rings is 2. The first kappa shape index (κ1) is 17.0. The van der Waals surface area contributed by atoms with E-state index >= 15 is 0 Å². The highest BCUT2D eigenvalue weighted by atomic mass is 32.2. The van der Waals surface area contributed by atoms with Crippen molar-refractivity contribution in [3.63, 3.8) is 0 Å². The molecule has 0 aliphatic carbocycles. The van der Waals surface area contributed by atoms with Crippen LogP contribution in [0.5, 0.6) is 5.75 Å². The second kappa shape index (κ2) is 7.41. The molecule has 134 valence electrons. The van der Waals surface area contributed by atoms with Crippen molar-refractivity contribution in [1.82, 2.24) is 9.97 Å². The van der Waals surface area contributed by atoms with Crippen LogP contribution < -0.4 is 14.5 Å². The number of hydrogen-bond acceptors (Lipinski definition) is 6. The van der Waals surface area contributed by atoms with E-state index in [-0.39, 0.29) is 0 Å². The third-order valence-electron chi connectivity index (χ3n) is 4.75. The van der Waals surface area contributed by atoms with Gasteiger partial charge in [-0.2, -0.15) is 0 Å². The molecule has 4 rings (SSSR count). The lowest BCUT2D eigenvalue weighted by molar-refractivity contribution is 0.413. The molecule has 0 amide bonds. The Balaban J connectivity index is 1.60. The van der Waals surface area contributed by atoms with Gasteiger partial charge in [-0.25, -0.2) is 9.97 Å². The monoisotopic (exact) mass is 366 g/mol. The van der Waals surface area contributed by atoms with Gasteiger partial charge in [0.05, 0.1) is 18.3 Å². The molecule has 0 saturated carbocycles. The number of piperazine rings is 1. The number of rotatable bonds is 4. The average molecular weight is 366 g/mol. The van der Waals surface area contributed by atoms with Gasteiger partial charge >= 0.3 is 0 Å². The Bertz CT molecular complexity index is 909. The van der Waals surface area contributed by atoms with Gasteiger partial charge in [-0.05, 0) is 30.5 Å². The molecule has 0 N–H and O–H groups in total. The van der Waals surface area contributed by atoms with Gasteiger partial charge in [0.1, 0.15) is 11.6 Å². The first-order chi connectivity index (χ1) is 12.8. The quantitative estimate of drug-likeness (QED) is 0.518. The Labute approximate surface area is 158 Å². The van der Waals surface area contributed by atoms with E-state index in [1.807, 2.05) is 24.5 Å². The molecule has 2 aromatic carbocycles. The Morgan fingerprint density at radius 1 is 0.885 bits per heavy atom. The van der Waals surface area contributed by atoms with Crippen molar-refractivity contribution in [1.29, 1.82) is 0 Å². The first-order valence-corrected chi connectivity index (χ1v) is 9.96. The summed E-state index contributed by atoms with van der Waals surface area (Å²) < 4.78 is 5.52. The van der Waals surface area contributed by atoms with Gasteiger partial charge in [0, 0.05) is 31.6 Å². The van der Waals surface area contributed by atoms with E-state index in [4.69, 9.17) is 9.72 Å². The molecule has 5 nitrogen and oxygen atoms in total. The largest absolute Gasteiger partial charge is 0.495 e. The lowest BCUT2D eigenvalue weighted by Gasteiger charge is -2.37. The van der Waals surface area contributed by atoms with Crippen molar-refractivity contribution in [3.8, 4) is 5.75 Å². The number of fused-ring (bicyclic) bond motifs is 1. The molecule has 3 aromatic rings. The lowest BCUT2D eigenvalue weighted by atomic mass is 10.2. The van der Waals surface area contributed by atoms with E-state index in [2.05, 4.69) is 45.1 Å². The number of para-hydroxylation sites is 3. The van der Waals surface area contributed by atoms with Crippen LogP contribution in [0.4, 0.5) is 11.5 Å². The highest BCUT2D eigenvalue weighted by molar-refractivity contribution is 7.98. The molecule has 0 bridgehead atoms. The SMILES string of the molecule is COc1ccccc1N1CCN(c2nc(SC)nc3ccccc23)CC1. The van der Waals surface area contributed by atoms with Crippen LogP contribution in [0, 0.1) is 0 Å². The van der Waals surface area contributed by atoms with Gasteiger partial charge in [0.25, 0.3) is 0 Å². The number of hydrogen-bond donors (Lipinski definition) is 0. The average Bonchev–Trinajstić information content (AvgIpc) is 2.73. The van der Waals surface area contributed by atoms with E-state index in [1.54, 1.807) is 18.9 Å². The minimum atomic E-state index is 0.825. The van der Waals surface area contributed by atoms with Crippen LogP contribution >= 0.6 is 11.8 Å². The fraction of sp³-hybridized carbons (Fsp3) is 0.300. The molecule has 1 saturated heterocycles. The molecule has 2 heterocycles. The van der Waals surface area contributed by atoms with Crippen molar-refractivity contribution >= 4 is 34.2 Å². The molecule has 0 radical (unpaired) electrons. The zero-order chi connectivity index (χ0) is 17.9. The molecular weight excluding hydrogens is 344 g/mol. The molecule has 1 aliphatic rings. The van der Waals surface area contributed by atoms with Gasteiger partial charge in [0.2, 0.25) is 0 Å². The molecule has 0 atom stereocenters. The molecule has 6 heteroatoms. The van der Waals surface area contributed by atoms with E-state index in [0.29, 0.717) is 0 Å². The summed E-state index contributed by atoms with van der Waals surface area (Å²) in [6.45, 7) is 3.72. The number of nitrogens with zero attached hydrogens (tertiary/aromatic N) is 4. The van der Waals surface area contributed by atoms with E-state index in [9.17, 15) is 0 Å². The summed E-state index contributed by atoms with van der Waals surface area (Å²) in [5, 5.41) is 1.95. The van der Waals surface area contributed by atoms with E-state index < -0.39 is 0 Å². The van der Waals surface area contributed by atoms with Crippen LogP contribution in [0.2, 0.25) is 0 Å².